The van der Waals surface area contributed by atoms with Gasteiger partial charge in [0.15, 0.2) is 0 Å². The van der Waals surface area contributed by atoms with Crippen LogP contribution in [-0.2, 0) is 9.59 Å². The number of hydrogen-bond acceptors (Lipinski definition) is 4. The highest BCUT2D eigenvalue weighted by molar-refractivity contribution is 6.39. The Labute approximate surface area is 169 Å². The van der Waals surface area contributed by atoms with Crippen molar-refractivity contribution in [2.45, 2.75) is 13.8 Å². The van der Waals surface area contributed by atoms with E-state index in [9.17, 15) is 9.59 Å². The summed E-state index contributed by atoms with van der Waals surface area (Å²) >= 11 is 0. The number of hydrazone groups is 1. The summed E-state index contributed by atoms with van der Waals surface area (Å²) in [6.45, 7) is 3.97. The fourth-order valence-corrected chi connectivity index (χ4v) is 2.99. The Morgan fingerprint density at radius 3 is 2.48 bits per heavy atom. The number of hydrogen-bond donors (Lipinski definition) is 2. The Balaban J connectivity index is 1.65. The zero-order chi connectivity index (χ0) is 20.8. The molecule has 0 atom stereocenters. The Hall–Kier alpha value is -3.87. The molecule has 2 aromatic carbocycles. The van der Waals surface area contributed by atoms with E-state index in [1.165, 1.54) is 13.3 Å². The molecule has 1 aromatic heterocycles. The predicted molar refractivity (Wildman–Crippen MR) is 113 cm³/mol. The quantitative estimate of drug-likeness (QED) is 0.399. The van der Waals surface area contributed by atoms with Crippen molar-refractivity contribution in [2.24, 2.45) is 5.10 Å². The second-order valence-corrected chi connectivity index (χ2v) is 6.38. The third-order valence-corrected chi connectivity index (χ3v) is 4.39. The maximum Gasteiger partial charge on any atom is 0.329 e. The molecule has 0 aliphatic heterocycles. The summed E-state index contributed by atoms with van der Waals surface area (Å²) in [6, 6.07) is 18.7. The minimum absolute atomic E-state index is 0.458. The molecule has 148 valence electrons. The van der Waals surface area contributed by atoms with Crippen LogP contribution < -0.4 is 15.5 Å². The molecule has 3 aromatic rings. The van der Waals surface area contributed by atoms with Crippen molar-refractivity contribution in [3.8, 4) is 11.4 Å². The van der Waals surface area contributed by atoms with Gasteiger partial charge in [-0.05, 0) is 44.2 Å². The number of ether oxygens (including phenoxy) is 1. The molecular formula is C22H22N4O3. The van der Waals surface area contributed by atoms with Crippen LogP contribution >= 0.6 is 0 Å². The summed E-state index contributed by atoms with van der Waals surface area (Å²) in [5.41, 5.74) is 6.62. The lowest BCUT2D eigenvalue weighted by Crippen LogP contribution is -2.32. The minimum atomic E-state index is -0.860. The minimum Gasteiger partial charge on any atom is -0.497 e. The topological polar surface area (TPSA) is 84.7 Å². The average molecular weight is 390 g/mol. The third kappa shape index (κ3) is 4.70. The van der Waals surface area contributed by atoms with E-state index in [1.54, 1.807) is 24.3 Å². The van der Waals surface area contributed by atoms with Crippen molar-refractivity contribution in [1.82, 2.24) is 9.99 Å². The van der Waals surface area contributed by atoms with E-state index in [4.69, 9.17) is 4.74 Å². The molecule has 2 N–H and O–H groups in total. The van der Waals surface area contributed by atoms with E-state index in [0.717, 1.165) is 22.6 Å². The second kappa shape index (κ2) is 8.88. The molecular weight excluding hydrogens is 368 g/mol. The average Bonchev–Trinajstić information content (AvgIpc) is 3.01. The number of methoxy groups -OCH3 is 1. The van der Waals surface area contributed by atoms with Gasteiger partial charge in [0.2, 0.25) is 0 Å². The Morgan fingerprint density at radius 1 is 1.00 bits per heavy atom. The Kier molecular flexibility index (Phi) is 6.09. The number of nitrogens with one attached hydrogen (secondary N) is 2. The molecule has 0 aliphatic carbocycles. The van der Waals surface area contributed by atoms with E-state index in [1.807, 2.05) is 50.2 Å². The van der Waals surface area contributed by atoms with Crippen LogP contribution in [0, 0.1) is 13.8 Å². The van der Waals surface area contributed by atoms with Crippen LogP contribution in [-0.4, -0.2) is 29.7 Å². The third-order valence-electron chi connectivity index (χ3n) is 4.39. The van der Waals surface area contributed by atoms with Crippen LogP contribution in [0.4, 0.5) is 5.69 Å². The first-order chi connectivity index (χ1) is 14.0. The molecule has 0 radical (unpaired) electrons. The number of aromatic nitrogens is 1. The Bertz CT molecular complexity index is 1060. The lowest BCUT2D eigenvalue weighted by Gasteiger charge is -2.09. The van der Waals surface area contributed by atoms with Gasteiger partial charge < -0.3 is 14.6 Å². The van der Waals surface area contributed by atoms with Crippen LogP contribution in [0.1, 0.15) is 17.0 Å². The van der Waals surface area contributed by atoms with Crippen LogP contribution in [0.5, 0.6) is 5.75 Å². The molecule has 0 saturated carbocycles. The molecule has 0 spiro atoms. The first kappa shape index (κ1) is 19.9. The second-order valence-electron chi connectivity index (χ2n) is 6.38. The number of amides is 2. The number of nitrogens with zero attached hydrogens (tertiary/aromatic N) is 2. The van der Waals surface area contributed by atoms with Crippen LogP contribution in [0.15, 0.2) is 65.8 Å². The van der Waals surface area contributed by atoms with Crippen molar-refractivity contribution >= 4 is 23.7 Å². The van der Waals surface area contributed by atoms with Crippen molar-refractivity contribution in [2.75, 3.05) is 12.4 Å². The van der Waals surface area contributed by atoms with Crippen LogP contribution in [0.25, 0.3) is 5.69 Å². The number of para-hydroxylation sites is 1. The van der Waals surface area contributed by atoms with E-state index in [0.29, 0.717) is 11.4 Å². The van der Waals surface area contributed by atoms with Crippen LogP contribution in [0.2, 0.25) is 0 Å². The molecule has 0 fully saturated rings. The highest BCUT2D eigenvalue weighted by atomic mass is 16.5. The SMILES string of the molecule is COc1cccc(NC(=O)C(=O)N/N=C\c2cc(C)n(-c3ccccc3)c2C)c1. The van der Waals surface area contributed by atoms with Gasteiger partial charge in [0, 0.05) is 34.4 Å². The summed E-state index contributed by atoms with van der Waals surface area (Å²) < 4.78 is 7.18. The zero-order valence-corrected chi connectivity index (χ0v) is 16.5. The normalized spacial score (nSPS) is 10.7. The summed E-state index contributed by atoms with van der Waals surface area (Å²) in [6.07, 6.45) is 1.53. The molecule has 7 nitrogen and oxygen atoms in total. The van der Waals surface area contributed by atoms with Crippen molar-refractivity contribution in [3.05, 3.63) is 77.6 Å². The first-order valence-corrected chi connectivity index (χ1v) is 9.02. The summed E-state index contributed by atoms with van der Waals surface area (Å²) in [5.74, 6) is -1.10. The standard InChI is InChI=1S/C22H22N4O3/c1-15-12-17(16(2)26(15)19-9-5-4-6-10-19)14-23-25-22(28)21(27)24-18-8-7-11-20(13-18)29-3/h4-14H,1-3H3,(H,24,27)(H,25,28)/b23-14-. The number of benzene rings is 2. The number of carbonyl (C=O) groups excluding carboxylic acids is 2. The molecule has 0 bridgehead atoms. The van der Waals surface area contributed by atoms with Crippen molar-refractivity contribution < 1.29 is 14.3 Å². The van der Waals surface area contributed by atoms with Gasteiger partial charge in [-0.3, -0.25) is 9.59 Å². The summed E-state index contributed by atoms with van der Waals surface area (Å²) in [7, 11) is 1.52. The lowest BCUT2D eigenvalue weighted by molar-refractivity contribution is -0.136. The molecule has 7 heteroatoms. The monoisotopic (exact) mass is 390 g/mol. The molecule has 0 unspecified atom stereocenters. The van der Waals surface area contributed by atoms with Gasteiger partial charge in [-0.2, -0.15) is 5.10 Å². The number of rotatable bonds is 5. The fourth-order valence-electron chi connectivity index (χ4n) is 2.99. The summed E-state index contributed by atoms with van der Waals surface area (Å²) in [5, 5.41) is 6.43. The van der Waals surface area contributed by atoms with Gasteiger partial charge in [0.1, 0.15) is 5.75 Å². The number of aryl methyl sites for hydroxylation is 1. The van der Waals surface area contributed by atoms with Crippen molar-refractivity contribution in [3.63, 3.8) is 0 Å². The molecule has 1 heterocycles. The molecule has 29 heavy (non-hydrogen) atoms. The van der Waals surface area contributed by atoms with Gasteiger partial charge in [-0.15, -0.1) is 0 Å². The molecule has 0 saturated heterocycles. The molecule has 0 aliphatic rings. The van der Waals surface area contributed by atoms with E-state index < -0.39 is 11.8 Å². The van der Waals surface area contributed by atoms with Gasteiger partial charge in [-0.25, -0.2) is 5.43 Å². The molecule has 2 amide bonds. The Morgan fingerprint density at radius 2 is 1.76 bits per heavy atom. The smallest absolute Gasteiger partial charge is 0.329 e. The lowest BCUT2D eigenvalue weighted by atomic mass is 10.2. The highest BCUT2D eigenvalue weighted by Gasteiger charge is 2.14. The first-order valence-electron chi connectivity index (χ1n) is 9.02. The van der Waals surface area contributed by atoms with Gasteiger partial charge in [0.25, 0.3) is 0 Å². The van der Waals surface area contributed by atoms with Gasteiger partial charge in [-0.1, -0.05) is 24.3 Å². The summed E-state index contributed by atoms with van der Waals surface area (Å²) in [4.78, 5) is 24.0. The van der Waals surface area contributed by atoms with Crippen LogP contribution in [0.3, 0.4) is 0 Å². The number of carbonyl (C=O) groups is 2. The fraction of sp³-hybridized carbons (Fsp3) is 0.136. The van der Waals surface area contributed by atoms with Crippen molar-refractivity contribution in [1.29, 1.82) is 0 Å². The predicted octanol–water partition coefficient (Wildman–Crippen LogP) is 3.19. The maximum atomic E-state index is 12.0. The number of anilines is 1. The zero-order valence-electron chi connectivity index (χ0n) is 16.5. The van der Waals surface area contributed by atoms with E-state index >= 15 is 0 Å². The maximum absolute atomic E-state index is 12.0. The van der Waals surface area contributed by atoms with E-state index in [2.05, 4.69) is 20.4 Å². The van der Waals surface area contributed by atoms with Gasteiger partial charge >= 0.3 is 11.8 Å². The highest BCUT2D eigenvalue weighted by Crippen LogP contribution is 2.19. The van der Waals surface area contributed by atoms with E-state index in [-0.39, 0.29) is 0 Å². The molecule has 3 rings (SSSR count). The largest absolute Gasteiger partial charge is 0.497 e. The van der Waals surface area contributed by atoms with Gasteiger partial charge in [0.05, 0.1) is 13.3 Å².